The smallest absolute Gasteiger partial charge is 0.106 e. The minimum atomic E-state index is 0.809. The first-order valence-corrected chi connectivity index (χ1v) is 14.2. The van der Waals surface area contributed by atoms with Crippen molar-refractivity contribution < 1.29 is 4.48 Å². The Labute approximate surface area is 210 Å². The lowest BCUT2D eigenvalue weighted by Crippen LogP contribution is -2.60. The summed E-state index contributed by atoms with van der Waals surface area (Å²) in [6, 6.07) is 29.7. The summed E-state index contributed by atoms with van der Waals surface area (Å²) in [5.74, 6) is 0. The van der Waals surface area contributed by atoms with E-state index in [1.165, 1.54) is 114 Å². The molecule has 0 unspecified atom stereocenters. The fourth-order valence-electron chi connectivity index (χ4n) is 8.18. The molecule has 1 heteroatoms. The molecule has 0 atom stereocenters. The van der Waals surface area contributed by atoms with Gasteiger partial charge < -0.3 is 4.48 Å². The predicted octanol–water partition coefficient (Wildman–Crippen LogP) is 9.16. The second-order valence-corrected chi connectivity index (χ2v) is 11.6. The van der Waals surface area contributed by atoms with E-state index in [9.17, 15) is 0 Å². The quantitative estimate of drug-likeness (QED) is 0.262. The van der Waals surface area contributed by atoms with Crippen molar-refractivity contribution in [2.24, 2.45) is 0 Å². The maximum absolute atomic E-state index is 2.51. The van der Waals surface area contributed by atoms with E-state index >= 15 is 0 Å². The third-order valence-corrected chi connectivity index (χ3v) is 9.81. The SMILES string of the molecule is c1ccc2c3c(ccc2c1)C[N+](C1CCCCC1)(C1CCCCC1)Cc1ccc2ccccc2c1-3. The molecule has 2 saturated carbocycles. The maximum atomic E-state index is 2.51. The van der Waals surface area contributed by atoms with Gasteiger partial charge in [-0.1, -0.05) is 85.6 Å². The molecule has 1 heterocycles. The number of fused-ring (bicyclic) bond motifs is 7. The fourth-order valence-corrected chi connectivity index (χ4v) is 8.18. The summed E-state index contributed by atoms with van der Waals surface area (Å²) in [7, 11) is 0. The van der Waals surface area contributed by atoms with E-state index in [0.29, 0.717) is 0 Å². The predicted molar refractivity (Wildman–Crippen MR) is 148 cm³/mol. The molecule has 1 aliphatic heterocycles. The van der Waals surface area contributed by atoms with Crippen molar-refractivity contribution >= 4 is 21.5 Å². The lowest BCUT2D eigenvalue weighted by atomic mass is 9.84. The largest absolute Gasteiger partial charge is 0.311 e. The number of nitrogens with zero attached hydrogens (tertiary/aromatic N) is 1. The van der Waals surface area contributed by atoms with Gasteiger partial charge in [0.15, 0.2) is 0 Å². The van der Waals surface area contributed by atoms with E-state index in [2.05, 4.69) is 72.8 Å². The van der Waals surface area contributed by atoms with Crippen molar-refractivity contribution in [1.29, 1.82) is 0 Å². The highest BCUT2D eigenvalue weighted by molar-refractivity contribution is 6.07. The van der Waals surface area contributed by atoms with Crippen LogP contribution >= 0.6 is 0 Å². The standard InChI is InChI=1S/C34H38N/c1-3-13-29(14-4-1)35(30-15-5-2-6-16-30)23-27-21-19-25-11-7-9-17-31(25)33(27)34-28(24-35)22-20-26-12-8-10-18-32(26)34/h7-12,17-22,29-30H,1-6,13-16,23-24H2/q+1. The van der Waals surface area contributed by atoms with Crippen LogP contribution in [-0.2, 0) is 13.1 Å². The summed E-state index contributed by atoms with van der Waals surface area (Å²) >= 11 is 0. The number of benzene rings is 4. The van der Waals surface area contributed by atoms with Crippen LogP contribution in [0.25, 0.3) is 32.7 Å². The molecule has 0 saturated heterocycles. The minimum Gasteiger partial charge on any atom is -0.311 e. The number of hydrogen-bond donors (Lipinski definition) is 0. The van der Waals surface area contributed by atoms with Crippen LogP contribution in [0.15, 0.2) is 72.8 Å². The van der Waals surface area contributed by atoms with Crippen LogP contribution in [0.2, 0.25) is 0 Å². The van der Waals surface area contributed by atoms with Gasteiger partial charge in [0, 0.05) is 11.1 Å². The lowest BCUT2D eigenvalue weighted by molar-refractivity contribution is -0.999. The summed E-state index contributed by atoms with van der Waals surface area (Å²) < 4.78 is 1.32. The number of hydrogen-bond acceptors (Lipinski definition) is 0. The summed E-state index contributed by atoms with van der Waals surface area (Å²) in [5, 5.41) is 5.63. The molecule has 35 heavy (non-hydrogen) atoms. The van der Waals surface area contributed by atoms with E-state index in [-0.39, 0.29) is 0 Å². The third-order valence-electron chi connectivity index (χ3n) is 9.81. The second-order valence-electron chi connectivity index (χ2n) is 11.6. The van der Waals surface area contributed by atoms with E-state index in [1.54, 1.807) is 11.1 Å². The van der Waals surface area contributed by atoms with Crippen molar-refractivity contribution in [2.45, 2.75) is 89.4 Å². The first-order valence-electron chi connectivity index (χ1n) is 14.2. The van der Waals surface area contributed by atoms with Crippen LogP contribution in [0.3, 0.4) is 0 Å². The highest BCUT2D eigenvalue weighted by atomic mass is 15.4. The molecular weight excluding hydrogens is 422 g/mol. The zero-order valence-corrected chi connectivity index (χ0v) is 21.0. The molecule has 0 N–H and O–H groups in total. The molecule has 0 amide bonds. The van der Waals surface area contributed by atoms with Gasteiger partial charge in [-0.25, -0.2) is 0 Å². The van der Waals surface area contributed by atoms with Gasteiger partial charge >= 0.3 is 0 Å². The highest BCUT2D eigenvalue weighted by Gasteiger charge is 2.46. The molecular formula is C34H38N+. The van der Waals surface area contributed by atoms with Crippen LogP contribution in [0.1, 0.15) is 75.3 Å². The molecule has 3 aliphatic rings. The Morgan fingerprint density at radius 2 is 0.886 bits per heavy atom. The molecule has 4 aromatic carbocycles. The fraction of sp³-hybridized carbons (Fsp3) is 0.412. The van der Waals surface area contributed by atoms with E-state index in [4.69, 9.17) is 0 Å². The number of rotatable bonds is 2. The molecule has 4 aromatic rings. The second kappa shape index (κ2) is 8.79. The molecule has 178 valence electrons. The summed E-state index contributed by atoms with van der Waals surface area (Å²) in [6.07, 6.45) is 14.2. The van der Waals surface area contributed by atoms with Crippen molar-refractivity contribution in [1.82, 2.24) is 0 Å². The Balaban J connectivity index is 1.54. The Morgan fingerprint density at radius 3 is 1.34 bits per heavy atom. The molecule has 0 bridgehead atoms. The average molecular weight is 461 g/mol. The van der Waals surface area contributed by atoms with Crippen LogP contribution in [0.5, 0.6) is 0 Å². The van der Waals surface area contributed by atoms with Gasteiger partial charge in [0.2, 0.25) is 0 Å². The molecule has 0 spiro atoms. The maximum Gasteiger partial charge on any atom is 0.106 e. The summed E-state index contributed by atoms with van der Waals surface area (Å²) in [6.45, 7) is 2.41. The van der Waals surface area contributed by atoms with Gasteiger partial charge in [0.25, 0.3) is 0 Å². The van der Waals surface area contributed by atoms with Crippen LogP contribution in [-0.4, -0.2) is 16.6 Å². The molecule has 1 nitrogen and oxygen atoms in total. The summed E-state index contributed by atoms with van der Waals surface area (Å²) in [4.78, 5) is 0. The van der Waals surface area contributed by atoms with Gasteiger partial charge in [-0.3, -0.25) is 0 Å². The zero-order chi connectivity index (χ0) is 23.2. The first kappa shape index (κ1) is 21.6. The van der Waals surface area contributed by atoms with Crippen molar-refractivity contribution in [3.05, 3.63) is 83.9 Å². The summed E-state index contributed by atoms with van der Waals surface area (Å²) in [5.41, 5.74) is 6.24. The Kier molecular flexibility index (Phi) is 5.43. The third kappa shape index (κ3) is 3.54. The normalized spacial score (nSPS) is 20.9. The van der Waals surface area contributed by atoms with Gasteiger partial charge in [0.05, 0.1) is 12.1 Å². The van der Waals surface area contributed by atoms with Crippen LogP contribution in [0.4, 0.5) is 0 Å². The Morgan fingerprint density at radius 1 is 0.457 bits per heavy atom. The first-order chi connectivity index (χ1) is 17.3. The molecule has 0 aromatic heterocycles. The van der Waals surface area contributed by atoms with Gasteiger partial charge in [-0.05, 0) is 84.0 Å². The number of quaternary nitrogens is 1. The van der Waals surface area contributed by atoms with E-state index < -0.39 is 0 Å². The minimum absolute atomic E-state index is 0.809. The van der Waals surface area contributed by atoms with Gasteiger partial charge in [-0.2, -0.15) is 0 Å². The highest BCUT2D eigenvalue weighted by Crippen LogP contribution is 2.48. The molecule has 2 fully saturated rings. The Hall–Kier alpha value is -2.64. The van der Waals surface area contributed by atoms with Crippen LogP contribution in [0, 0.1) is 0 Å². The monoisotopic (exact) mass is 460 g/mol. The van der Waals surface area contributed by atoms with E-state index in [1.807, 2.05) is 0 Å². The molecule has 7 rings (SSSR count). The van der Waals surface area contributed by atoms with Gasteiger partial charge in [-0.15, -0.1) is 0 Å². The van der Waals surface area contributed by atoms with Crippen LogP contribution < -0.4 is 0 Å². The van der Waals surface area contributed by atoms with E-state index in [0.717, 1.165) is 12.1 Å². The van der Waals surface area contributed by atoms with Crippen molar-refractivity contribution in [3.8, 4) is 11.1 Å². The molecule has 0 radical (unpaired) electrons. The topological polar surface area (TPSA) is 0 Å². The van der Waals surface area contributed by atoms with Crippen molar-refractivity contribution in [2.75, 3.05) is 0 Å². The Bertz CT molecular complexity index is 1260. The average Bonchev–Trinajstić information content (AvgIpc) is 3.10. The van der Waals surface area contributed by atoms with Crippen molar-refractivity contribution in [3.63, 3.8) is 0 Å². The lowest BCUT2D eigenvalue weighted by Gasteiger charge is -2.52. The molecule has 2 aliphatic carbocycles. The zero-order valence-electron chi connectivity index (χ0n) is 21.0. The van der Waals surface area contributed by atoms with Gasteiger partial charge in [0.1, 0.15) is 13.1 Å².